The molecule has 31 heavy (non-hydrogen) atoms. The zero-order valence-electron chi connectivity index (χ0n) is 16.8. The van der Waals surface area contributed by atoms with Crippen molar-refractivity contribution in [3.05, 3.63) is 93.5 Å². The molecule has 158 valence electrons. The molecular weight excluding hydrogens is 447 g/mol. The molecule has 5 rings (SSSR count). The molecule has 1 aliphatic carbocycles. The first-order chi connectivity index (χ1) is 15.0. The number of carbonyl (C=O) groups excluding carboxylic acids is 1. The fraction of sp³-hybridized carbons (Fsp3) is 0.240. The number of rotatable bonds is 4. The second kappa shape index (κ2) is 8.51. The van der Waals surface area contributed by atoms with Crippen molar-refractivity contribution in [1.29, 1.82) is 0 Å². The van der Waals surface area contributed by atoms with Crippen molar-refractivity contribution in [1.82, 2.24) is 4.90 Å². The van der Waals surface area contributed by atoms with E-state index >= 15 is 0 Å². The van der Waals surface area contributed by atoms with Crippen LogP contribution in [0.4, 0.5) is 16.2 Å². The number of thiol groups is 1. The third-order valence-corrected chi connectivity index (χ3v) is 6.93. The van der Waals surface area contributed by atoms with Crippen molar-refractivity contribution in [3.63, 3.8) is 0 Å². The summed E-state index contributed by atoms with van der Waals surface area (Å²) in [7, 11) is 0. The lowest BCUT2D eigenvalue weighted by atomic mass is 9.83. The van der Waals surface area contributed by atoms with Gasteiger partial charge in [0.15, 0.2) is 0 Å². The molecule has 0 bridgehead atoms. The van der Waals surface area contributed by atoms with Gasteiger partial charge in [0.1, 0.15) is 0 Å². The highest BCUT2D eigenvalue weighted by Crippen LogP contribution is 2.45. The molecule has 1 atom stereocenters. The molecule has 1 heterocycles. The summed E-state index contributed by atoms with van der Waals surface area (Å²) in [6.07, 6.45) is 2.44. The van der Waals surface area contributed by atoms with Gasteiger partial charge >= 0.3 is 0 Å². The van der Waals surface area contributed by atoms with Crippen LogP contribution in [0.25, 0.3) is 0 Å². The van der Waals surface area contributed by atoms with E-state index in [0.29, 0.717) is 16.1 Å². The van der Waals surface area contributed by atoms with Crippen LogP contribution in [-0.4, -0.2) is 22.7 Å². The van der Waals surface area contributed by atoms with E-state index in [4.69, 9.17) is 23.2 Å². The Hall–Kier alpha value is -1.98. The molecule has 6 heteroatoms. The van der Waals surface area contributed by atoms with E-state index in [0.717, 1.165) is 41.2 Å². The number of nitrogens with zero attached hydrogens (tertiary/aromatic N) is 2. The number of hydrogen-bond acceptors (Lipinski definition) is 2. The van der Waals surface area contributed by atoms with E-state index in [-0.39, 0.29) is 11.2 Å². The largest absolute Gasteiger partial charge is 0.295 e. The third-order valence-electron chi connectivity index (χ3n) is 6.17. The van der Waals surface area contributed by atoms with Crippen LogP contribution in [-0.2, 0) is 6.54 Å². The van der Waals surface area contributed by atoms with Gasteiger partial charge in [-0.2, -0.15) is 0 Å². The van der Waals surface area contributed by atoms with Crippen LogP contribution in [0.15, 0.2) is 66.7 Å². The molecule has 1 saturated carbocycles. The monoisotopic (exact) mass is 468 g/mol. The predicted molar refractivity (Wildman–Crippen MR) is 131 cm³/mol. The first-order valence-corrected chi connectivity index (χ1v) is 11.6. The molecule has 0 spiro atoms. The normalized spacial score (nSPS) is 18.5. The van der Waals surface area contributed by atoms with Crippen molar-refractivity contribution < 1.29 is 4.79 Å². The lowest BCUT2D eigenvalue weighted by Gasteiger charge is -2.37. The smallest absolute Gasteiger partial charge is 0.287 e. The summed E-state index contributed by atoms with van der Waals surface area (Å²) in [5, 5.41) is 1.02. The number of hydrogen-bond donors (Lipinski definition) is 1. The van der Waals surface area contributed by atoms with Crippen molar-refractivity contribution in [2.24, 2.45) is 0 Å². The molecule has 3 aromatic rings. The maximum absolute atomic E-state index is 12.7. The molecule has 3 aromatic carbocycles. The van der Waals surface area contributed by atoms with Gasteiger partial charge in [-0.3, -0.25) is 14.6 Å². The van der Waals surface area contributed by atoms with Crippen LogP contribution in [0.5, 0.6) is 0 Å². The molecule has 0 saturated heterocycles. The zero-order chi connectivity index (χ0) is 21.5. The topological polar surface area (TPSA) is 23.6 Å². The molecule has 0 unspecified atom stereocenters. The number of anilines is 2. The van der Waals surface area contributed by atoms with E-state index in [1.807, 2.05) is 60.7 Å². The summed E-state index contributed by atoms with van der Waals surface area (Å²) in [6, 6.07) is 22.1. The molecule has 2 aliphatic rings. The summed E-state index contributed by atoms with van der Waals surface area (Å²) in [4.78, 5) is 16.8. The van der Waals surface area contributed by atoms with Crippen LogP contribution in [0, 0.1) is 0 Å². The Labute approximate surface area is 198 Å². The zero-order valence-corrected chi connectivity index (χ0v) is 19.2. The number of halogens is 2. The Balaban J connectivity index is 1.67. The molecule has 0 radical (unpaired) electrons. The van der Waals surface area contributed by atoms with E-state index in [9.17, 15) is 4.79 Å². The SMILES string of the molecule is O=C(S)N(c1ccccc1)c1ccccc1[C@@H]1CN(C2CC2)Cc2c(Cl)cc(Cl)cc21. The number of carbonyl (C=O) groups is 1. The summed E-state index contributed by atoms with van der Waals surface area (Å²) in [5.74, 6) is 0.0515. The molecule has 1 fully saturated rings. The van der Waals surface area contributed by atoms with Crippen molar-refractivity contribution in [2.75, 3.05) is 11.4 Å². The summed E-state index contributed by atoms with van der Waals surface area (Å²) >= 11 is 17.3. The molecule has 0 N–H and O–H groups in total. The van der Waals surface area contributed by atoms with Crippen molar-refractivity contribution >= 4 is 52.4 Å². The van der Waals surface area contributed by atoms with Crippen LogP contribution in [0.2, 0.25) is 10.0 Å². The Morgan fingerprint density at radius 3 is 2.39 bits per heavy atom. The van der Waals surface area contributed by atoms with E-state index in [1.165, 1.54) is 12.8 Å². The van der Waals surface area contributed by atoms with Gasteiger partial charge in [0.2, 0.25) is 0 Å². The molecule has 0 aromatic heterocycles. The maximum Gasteiger partial charge on any atom is 0.287 e. The molecule has 1 aliphatic heterocycles. The summed E-state index contributed by atoms with van der Waals surface area (Å²) in [5.41, 5.74) is 4.96. The first-order valence-electron chi connectivity index (χ1n) is 10.4. The minimum atomic E-state index is -0.321. The minimum Gasteiger partial charge on any atom is -0.295 e. The lowest BCUT2D eigenvalue weighted by Crippen LogP contribution is -2.36. The number of benzene rings is 3. The van der Waals surface area contributed by atoms with Crippen molar-refractivity contribution in [2.45, 2.75) is 31.3 Å². The van der Waals surface area contributed by atoms with Gasteiger partial charge in [-0.15, -0.1) is 0 Å². The minimum absolute atomic E-state index is 0.0515. The fourth-order valence-corrected chi connectivity index (χ4v) is 5.39. The van der Waals surface area contributed by atoms with E-state index in [2.05, 4.69) is 23.6 Å². The maximum atomic E-state index is 12.7. The van der Waals surface area contributed by atoms with Gasteiger partial charge in [-0.05, 0) is 59.9 Å². The summed E-state index contributed by atoms with van der Waals surface area (Å²) in [6.45, 7) is 1.71. The Morgan fingerprint density at radius 1 is 0.968 bits per heavy atom. The van der Waals surface area contributed by atoms with Crippen LogP contribution < -0.4 is 4.90 Å². The van der Waals surface area contributed by atoms with E-state index < -0.39 is 0 Å². The Kier molecular flexibility index (Phi) is 5.74. The van der Waals surface area contributed by atoms with Gasteiger partial charge in [0.05, 0.1) is 5.69 Å². The second-order valence-corrected chi connectivity index (χ2v) is 9.41. The molecule has 1 amide bonds. The van der Waals surface area contributed by atoms with Gasteiger partial charge in [0.25, 0.3) is 5.24 Å². The van der Waals surface area contributed by atoms with Gasteiger partial charge in [-0.1, -0.05) is 72.2 Å². The van der Waals surface area contributed by atoms with Crippen LogP contribution in [0.1, 0.15) is 35.4 Å². The van der Waals surface area contributed by atoms with E-state index in [1.54, 1.807) is 4.90 Å². The number of para-hydroxylation sites is 2. The Morgan fingerprint density at radius 2 is 1.68 bits per heavy atom. The van der Waals surface area contributed by atoms with Crippen LogP contribution in [0.3, 0.4) is 0 Å². The average Bonchev–Trinajstić information content (AvgIpc) is 3.60. The molecular formula is C25H22Cl2N2OS. The summed E-state index contributed by atoms with van der Waals surface area (Å²) < 4.78 is 0. The predicted octanol–water partition coefficient (Wildman–Crippen LogP) is 7.29. The molecule has 3 nitrogen and oxygen atoms in total. The second-order valence-electron chi connectivity index (χ2n) is 8.18. The highest BCUT2D eigenvalue weighted by Gasteiger charge is 2.37. The first kappa shape index (κ1) is 20.9. The Bertz CT molecular complexity index is 1130. The quantitative estimate of drug-likeness (QED) is 0.406. The average molecular weight is 469 g/mol. The lowest BCUT2D eigenvalue weighted by molar-refractivity contribution is 0.230. The van der Waals surface area contributed by atoms with Crippen LogP contribution >= 0.6 is 35.8 Å². The van der Waals surface area contributed by atoms with Gasteiger partial charge < -0.3 is 0 Å². The third kappa shape index (κ3) is 4.10. The number of fused-ring (bicyclic) bond motifs is 1. The van der Waals surface area contributed by atoms with Gasteiger partial charge in [0, 0.05) is 40.8 Å². The fourth-order valence-electron chi connectivity index (χ4n) is 4.60. The number of amides is 1. The van der Waals surface area contributed by atoms with Crippen molar-refractivity contribution in [3.8, 4) is 0 Å². The standard InChI is InChI=1S/C25H22Cl2N2OS/c26-16-12-20-21(14-28(17-10-11-17)15-22(20)23(27)13-16)19-8-4-5-9-24(19)29(25(30)31)18-6-2-1-3-7-18/h1-9,12-13,17,21H,10-11,14-15H2,(H,30,31)/t21-/m0/s1. The van der Waals surface area contributed by atoms with Gasteiger partial charge in [-0.25, -0.2) is 0 Å². The highest BCUT2D eigenvalue weighted by atomic mass is 35.5. The highest BCUT2D eigenvalue weighted by molar-refractivity contribution is 7.97.